The molecule has 0 bridgehead atoms. The first-order valence-corrected chi connectivity index (χ1v) is 15.3. The Kier molecular flexibility index (Phi) is 36.3. The molecule has 0 aliphatic heterocycles. The molecule has 0 saturated heterocycles. The SMILES string of the molecule is C[O-].C[O-].Cc1n[nH]c(C)c1C.Cc1n[nH]c(C)c1C.Cc1n[nH]c(C)c1C.Cc1n[nH]c(C)c1C.[Cu+2].[Cu+2].[O-][Cl+3]([O-])([O-])[O-].[O-][Cl+3]([O-])([O-])[O-]. The third kappa shape index (κ3) is 32.6. The van der Waals surface area contributed by atoms with Crippen LogP contribution in [0.3, 0.4) is 0 Å². The van der Waals surface area contributed by atoms with E-state index in [0.717, 1.165) is 37.0 Å². The second-order valence-corrected chi connectivity index (χ2v) is 10.5. The van der Waals surface area contributed by atoms with Crippen LogP contribution in [0.25, 0.3) is 0 Å². The standard InChI is InChI=1S/4C6H10N2.2CH3O.2ClHO4.2Cu/c4*1-4-5(2)7-8-6(4)3;2*1-2;2*2-1(3,4)5;;/h4*1-3H3,(H,7,8);2*1H3;2*(H,2,3,4,5);;/q;;;;2*-1;;;2*+2/p-2. The summed E-state index contributed by atoms with van der Waals surface area (Å²) in [6.07, 6.45) is 0. The zero-order valence-electron chi connectivity index (χ0n) is 29.2. The van der Waals surface area contributed by atoms with Gasteiger partial charge in [-0.25, -0.2) is 37.3 Å². The first-order valence-electron chi connectivity index (χ1n) is 12.8. The van der Waals surface area contributed by atoms with Crippen LogP contribution >= 0.6 is 0 Å². The number of H-pyrrole nitrogens is 4. The van der Waals surface area contributed by atoms with Gasteiger partial charge in [0, 0.05) is 22.8 Å². The Labute approximate surface area is 306 Å². The number of aromatic nitrogens is 8. The van der Waals surface area contributed by atoms with Crippen molar-refractivity contribution in [1.29, 1.82) is 0 Å². The van der Waals surface area contributed by atoms with Crippen molar-refractivity contribution in [3.05, 3.63) is 67.8 Å². The minimum atomic E-state index is -4.94. The van der Waals surface area contributed by atoms with Crippen molar-refractivity contribution in [1.82, 2.24) is 40.8 Å². The molecule has 0 unspecified atom stereocenters. The van der Waals surface area contributed by atoms with E-state index >= 15 is 0 Å². The molecule has 0 spiro atoms. The minimum Gasteiger partial charge on any atom is -0.857 e. The zero-order valence-corrected chi connectivity index (χ0v) is 32.6. The molecule has 4 N–H and O–H groups in total. The number of hydrogen-bond donors (Lipinski definition) is 4. The summed E-state index contributed by atoms with van der Waals surface area (Å²) in [5.41, 5.74) is 14.1. The maximum atomic E-state index is 8.49. The predicted molar refractivity (Wildman–Crippen MR) is 143 cm³/mol. The van der Waals surface area contributed by atoms with Gasteiger partial charge in [0.1, 0.15) is 0 Å². The van der Waals surface area contributed by atoms with Gasteiger partial charge < -0.3 is 10.2 Å². The summed E-state index contributed by atoms with van der Waals surface area (Å²) in [5, 5.41) is 44.0. The summed E-state index contributed by atoms with van der Waals surface area (Å²) < 4.78 is 67.9. The topological polar surface area (TPSA) is 345 Å². The van der Waals surface area contributed by atoms with Gasteiger partial charge in [-0.2, -0.15) is 34.6 Å². The Balaban J connectivity index is -0.000000108. The number of nitrogens with one attached hydrogen (secondary N) is 4. The molecule has 0 fully saturated rings. The van der Waals surface area contributed by atoms with Gasteiger partial charge in [-0.1, -0.05) is 0 Å². The van der Waals surface area contributed by atoms with E-state index in [-0.39, 0.29) is 34.1 Å². The van der Waals surface area contributed by atoms with Gasteiger partial charge in [0.15, 0.2) is 0 Å². The predicted octanol–water partition coefficient (Wildman–Crippen LogP) is -6.22. The van der Waals surface area contributed by atoms with Gasteiger partial charge in [-0.15, -0.1) is 20.5 Å². The quantitative estimate of drug-likeness (QED) is 0.120. The van der Waals surface area contributed by atoms with Gasteiger partial charge >= 0.3 is 34.1 Å². The molecule has 0 saturated carbocycles. The van der Waals surface area contributed by atoms with Crippen molar-refractivity contribution in [2.75, 3.05) is 14.2 Å². The van der Waals surface area contributed by atoms with Gasteiger partial charge in [0.05, 0.1) is 22.8 Å². The second kappa shape index (κ2) is 29.9. The number of hydrogen-bond acceptors (Lipinski definition) is 14. The second-order valence-electron chi connectivity index (χ2n) is 8.99. The van der Waals surface area contributed by atoms with Crippen LogP contribution in [0.2, 0.25) is 0 Å². The van der Waals surface area contributed by atoms with Crippen LogP contribution in [-0.2, 0) is 34.1 Å². The van der Waals surface area contributed by atoms with Crippen LogP contribution in [0.1, 0.15) is 67.8 Å². The first kappa shape index (κ1) is 58.3. The molecule has 0 atom stereocenters. The van der Waals surface area contributed by atoms with Crippen molar-refractivity contribution in [3.8, 4) is 0 Å². The van der Waals surface area contributed by atoms with Crippen molar-refractivity contribution in [2.24, 2.45) is 0 Å². The maximum Gasteiger partial charge on any atom is 2.00 e. The van der Waals surface area contributed by atoms with E-state index < -0.39 is 20.5 Å². The van der Waals surface area contributed by atoms with Gasteiger partial charge in [-0.05, 0) is 105 Å². The van der Waals surface area contributed by atoms with Crippen LogP contribution in [-0.4, -0.2) is 55.0 Å². The number of rotatable bonds is 0. The van der Waals surface area contributed by atoms with Crippen LogP contribution in [0.15, 0.2) is 0 Å². The number of halogens is 2. The molecule has 4 heterocycles. The summed E-state index contributed by atoms with van der Waals surface area (Å²) in [4.78, 5) is 0. The molecular formula is C26H46Cl2Cu2N8O10. The van der Waals surface area contributed by atoms with E-state index in [1.807, 2.05) is 55.4 Å². The molecule has 18 nitrogen and oxygen atoms in total. The van der Waals surface area contributed by atoms with Crippen LogP contribution in [0.4, 0.5) is 0 Å². The summed E-state index contributed by atoms with van der Waals surface area (Å²) in [6, 6.07) is 0. The average molecular weight is 829 g/mol. The van der Waals surface area contributed by atoms with Crippen molar-refractivity contribution in [3.63, 3.8) is 0 Å². The van der Waals surface area contributed by atoms with Crippen LogP contribution < -0.4 is 47.5 Å². The van der Waals surface area contributed by atoms with E-state index in [9.17, 15) is 0 Å². The smallest absolute Gasteiger partial charge is 0.857 e. The van der Waals surface area contributed by atoms with Crippen molar-refractivity contribution >= 4 is 0 Å². The molecule has 2 radical (unpaired) electrons. The van der Waals surface area contributed by atoms with Gasteiger partial charge in [0.25, 0.3) is 0 Å². The van der Waals surface area contributed by atoms with Gasteiger partial charge in [-0.3, -0.25) is 20.4 Å². The molecule has 286 valence electrons. The molecular weight excluding hydrogens is 782 g/mol. The maximum absolute atomic E-state index is 8.49. The third-order valence-electron chi connectivity index (χ3n) is 5.99. The van der Waals surface area contributed by atoms with E-state index in [1.54, 1.807) is 0 Å². The Hall–Kier alpha value is -1.94. The molecule has 4 rings (SSSR count). The van der Waals surface area contributed by atoms with Gasteiger partial charge in [0.2, 0.25) is 0 Å². The summed E-state index contributed by atoms with van der Waals surface area (Å²) >= 11 is 0. The fourth-order valence-corrected chi connectivity index (χ4v) is 2.43. The first-order chi connectivity index (χ1) is 20.9. The normalized spacial score (nSPS) is 9.33. The Morgan fingerprint density at radius 1 is 0.333 bits per heavy atom. The molecule has 48 heavy (non-hydrogen) atoms. The monoisotopic (exact) mass is 826 g/mol. The molecule has 0 aliphatic carbocycles. The molecule has 0 amide bonds. The van der Waals surface area contributed by atoms with Crippen LogP contribution in [0.5, 0.6) is 0 Å². The van der Waals surface area contributed by atoms with Crippen molar-refractivity contribution < 1.29 is 102 Å². The third-order valence-corrected chi connectivity index (χ3v) is 5.99. The van der Waals surface area contributed by atoms with E-state index in [1.165, 1.54) is 45.0 Å². The fourth-order valence-electron chi connectivity index (χ4n) is 2.43. The summed E-state index contributed by atoms with van der Waals surface area (Å²) in [7, 11) is -8.39. The molecule has 0 aliphatic rings. The van der Waals surface area contributed by atoms with Crippen LogP contribution in [0, 0.1) is 104 Å². The molecule has 4 aromatic rings. The molecule has 22 heteroatoms. The molecule has 4 aromatic heterocycles. The Bertz CT molecular complexity index is 1060. The number of aryl methyl sites for hydroxylation is 8. The zero-order chi connectivity index (χ0) is 37.6. The fraction of sp³-hybridized carbons (Fsp3) is 0.538. The number of aromatic amines is 4. The average Bonchev–Trinajstić information content (AvgIpc) is 3.63. The van der Waals surface area contributed by atoms with E-state index in [0.29, 0.717) is 0 Å². The van der Waals surface area contributed by atoms with E-state index in [4.69, 9.17) is 47.5 Å². The number of nitrogens with zero attached hydrogens (tertiary/aromatic N) is 4. The summed E-state index contributed by atoms with van der Waals surface area (Å²) in [5.74, 6) is 0. The molecule has 0 aromatic carbocycles. The Morgan fingerprint density at radius 2 is 0.438 bits per heavy atom. The van der Waals surface area contributed by atoms with Crippen molar-refractivity contribution in [2.45, 2.75) is 83.1 Å². The van der Waals surface area contributed by atoms with E-state index in [2.05, 4.69) is 68.5 Å². The Morgan fingerprint density at radius 3 is 0.458 bits per heavy atom. The minimum absolute atomic E-state index is 0. The largest absolute Gasteiger partial charge is 2.00 e. The summed E-state index contributed by atoms with van der Waals surface area (Å²) in [6.45, 7) is 24.3.